The van der Waals surface area contributed by atoms with E-state index in [1.807, 2.05) is 0 Å². The van der Waals surface area contributed by atoms with Gasteiger partial charge in [0.25, 0.3) is 0 Å². The van der Waals surface area contributed by atoms with E-state index in [4.69, 9.17) is 15.2 Å². The van der Waals surface area contributed by atoms with Crippen molar-refractivity contribution >= 4 is 0 Å². The first kappa shape index (κ1) is 11.5. The first-order valence-electron chi connectivity index (χ1n) is 5.46. The molecule has 1 aromatic carbocycles. The zero-order valence-electron chi connectivity index (χ0n) is 9.12. The zero-order chi connectivity index (χ0) is 11.4. The fourth-order valence-electron chi connectivity index (χ4n) is 1.78. The van der Waals surface area contributed by atoms with Crippen molar-refractivity contribution in [3.05, 3.63) is 35.1 Å². The van der Waals surface area contributed by atoms with Crippen LogP contribution in [-0.2, 0) is 22.6 Å². The van der Waals surface area contributed by atoms with Crippen molar-refractivity contribution in [1.29, 1.82) is 0 Å². The Labute approximate surface area is 94.3 Å². The molecule has 1 aromatic rings. The summed E-state index contributed by atoms with van der Waals surface area (Å²) in [6, 6.07) is 4.63. The minimum atomic E-state index is -0.256. The van der Waals surface area contributed by atoms with Crippen molar-refractivity contribution in [1.82, 2.24) is 0 Å². The van der Waals surface area contributed by atoms with Crippen molar-refractivity contribution in [2.75, 3.05) is 13.2 Å². The summed E-state index contributed by atoms with van der Waals surface area (Å²) >= 11 is 0. The Morgan fingerprint density at radius 3 is 3.00 bits per heavy atom. The summed E-state index contributed by atoms with van der Waals surface area (Å²) in [4.78, 5) is 0. The van der Waals surface area contributed by atoms with Crippen LogP contribution >= 0.6 is 0 Å². The molecule has 0 radical (unpaired) electrons. The number of ether oxygens (including phenoxy) is 2. The Bertz CT molecular complexity index is 351. The maximum Gasteiger partial charge on any atom is 0.123 e. The molecule has 0 aliphatic carbocycles. The molecule has 0 bridgehead atoms. The minimum Gasteiger partial charge on any atom is -0.379 e. The van der Waals surface area contributed by atoms with Crippen molar-refractivity contribution in [2.45, 2.75) is 25.7 Å². The van der Waals surface area contributed by atoms with Gasteiger partial charge in [-0.2, -0.15) is 0 Å². The SMILES string of the molecule is NCc1cc(F)ccc1COC1CCOC1. The van der Waals surface area contributed by atoms with Crippen LogP contribution in [0.4, 0.5) is 4.39 Å². The molecule has 1 heterocycles. The largest absolute Gasteiger partial charge is 0.379 e. The van der Waals surface area contributed by atoms with Gasteiger partial charge in [0.15, 0.2) is 0 Å². The summed E-state index contributed by atoms with van der Waals surface area (Å²) in [6.07, 6.45) is 1.09. The molecule has 0 spiro atoms. The fraction of sp³-hybridized carbons (Fsp3) is 0.500. The molecule has 3 nitrogen and oxygen atoms in total. The Hall–Kier alpha value is -0.970. The Morgan fingerprint density at radius 1 is 1.44 bits per heavy atom. The predicted molar refractivity (Wildman–Crippen MR) is 58.3 cm³/mol. The van der Waals surface area contributed by atoms with Gasteiger partial charge in [0.05, 0.1) is 19.3 Å². The summed E-state index contributed by atoms with van der Waals surface area (Å²) in [6.45, 7) is 2.22. The lowest BCUT2D eigenvalue weighted by Crippen LogP contribution is -2.13. The number of hydrogen-bond acceptors (Lipinski definition) is 3. The molecule has 1 unspecified atom stereocenters. The average molecular weight is 225 g/mol. The van der Waals surface area contributed by atoms with Crippen LogP contribution in [0.3, 0.4) is 0 Å². The van der Waals surface area contributed by atoms with Gasteiger partial charge in [0, 0.05) is 13.2 Å². The van der Waals surface area contributed by atoms with E-state index in [1.165, 1.54) is 12.1 Å². The van der Waals surface area contributed by atoms with Gasteiger partial charge in [-0.15, -0.1) is 0 Å². The van der Waals surface area contributed by atoms with E-state index >= 15 is 0 Å². The van der Waals surface area contributed by atoms with Crippen LogP contribution in [0.25, 0.3) is 0 Å². The molecule has 2 N–H and O–H groups in total. The summed E-state index contributed by atoms with van der Waals surface area (Å²) in [5.74, 6) is -0.256. The van der Waals surface area contributed by atoms with Crippen LogP contribution in [-0.4, -0.2) is 19.3 Å². The number of rotatable bonds is 4. The summed E-state index contributed by atoms with van der Waals surface area (Å²) in [5.41, 5.74) is 7.32. The number of halogens is 1. The molecular formula is C12H16FNO2. The lowest BCUT2D eigenvalue weighted by Gasteiger charge is -2.12. The van der Waals surface area contributed by atoms with E-state index in [0.29, 0.717) is 19.8 Å². The highest BCUT2D eigenvalue weighted by Gasteiger charge is 2.16. The van der Waals surface area contributed by atoms with Crippen molar-refractivity contribution < 1.29 is 13.9 Å². The summed E-state index contributed by atoms with van der Waals surface area (Å²) in [5, 5.41) is 0. The third-order valence-electron chi connectivity index (χ3n) is 2.75. The van der Waals surface area contributed by atoms with E-state index in [9.17, 15) is 4.39 Å². The molecule has 88 valence electrons. The molecule has 1 atom stereocenters. The highest BCUT2D eigenvalue weighted by Crippen LogP contribution is 2.15. The second-order valence-corrected chi connectivity index (χ2v) is 3.91. The van der Waals surface area contributed by atoms with Crippen LogP contribution in [0.15, 0.2) is 18.2 Å². The number of hydrogen-bond donors (Lipinski definition) is 1. The van der Waals surface area contributed by atoms with Gasteiger partial charge in [-0.05, 0) is 29.7 Å². The highest BCUT2D eigenvalue weighted by molar-refractivity contribution is 5.27. The standard InChI is InChI=1S/C12H16FNO2/c13-11-2-1-9(10(5-11)6-14)7-16-12-3-4-15-8-12/h1-2,5,12H,3-4,6-8,14H2. The minimum absolute atomic E-state index is 0.163. The average Bonchev–Trinajstić information content (AvgIpc) is 2.80. The Morgan fingerprint density at radius 2 is 2.31 bits per heavy atom. The molecule has 2 rings (SSSR count). The predicted octanol–water partition coefficient (Wildman–Crippen LogP) is 1.59. The molecule has 1 fully saturated rings. The maximum absolute atomic E-state index is 13.0. The van der Waals surface area contributed by atoms with Crippen molar-refractivity contribution in [3.63, 3.8) is 0 Å². The molecule has 1 aliphatic rings. The van der Waals surface area contributed by atoms with E-state index in [2.05, 4.69) is 0 Å². The van der Waals surface area contributed by atoms with Crippen LogP contribution in [0.1, 0.15) is 17.5 Å². The number of benzene rings is 1. The smallest absolute Gasteiger partial charge is 0.123 e. The molecule has 0 saturated carbocycles. The molecule has 0 aromatic heterocycles. The van der Waals surface area contributed by atoms with E-state index in [-0.39, 0.29) is 11.9 Å². The third-order valence-corrected chi connectivity index (χ3v) is 2.75. The van der Waals surface area contributed by atoms with Crippen LogP contribution in [0.5, 0.6) is 0 Å². The monoisotopic (exact) mass is 225 g/mol. The first-order valence-corrected chi connectivity index (χ1v) is 5.46. The maximum atomic E-state index is 13.0. The van der Waals surface area contributed by atoms with Gasteiger partial charge in [0.2, 0.25) is 0 Å². The van der Waals surface area contributed by atoms with E-state index < -0.39 is 0 Å². The van der Waals surface area contributed by atoms with Gasteiger partial charge < -0.3 is 15.2 Å². The molecule has 0 amide bonds. The Balaban J connectivity index is 1.97. The summed E-state index contributed by atoms with van der Waals surface area (Å²) in [7, 11) is 0. The molecule has 4 heteroatoms. The molecule has 16 heavy (non-hydrogen) atoms. The second kappa shape index (κ2) is 5.39. The van der Waals surface area contributed by atoms with Crippen LogP contribution < -0.4 is 5.73 Å². The number of nitrogens with two attached hydrogens (primary N) is 1. The van der Waals surface area contributed by atoms with Gasteiger partial charge in [-0.3, -0.25) is 0 Å². The van der Waals surface area contributed by atoms with E-state index in [0.717, 1.165) is 24.2 Å². The summed E-state index contributed by atoms with van der Waals surface area (Å²) < 4.78 is 23.8. The molecular weight excluding hydrogens is 209 g/mol. The fourth-order valence-corrected chi connectivity index (χ4v) is 1.78. The van der Waals surface area contributed by atoms with Gasteiger partial charge in [-0.1, -0.05) is 6.07 Å². The van der Waals surface area contributed by atoms with Crippen molar-refractivity contribution in [3.8, 4) is 0 Å². The highest BCUT2D eigenvalue weighted by atomic mass is 19.1. The van der Waals surface area contributed by atoms with Crippen LogP contribution in [0, 0.1) is 5.82 Å². The second-order valence-electron chi connectivity index (χ2n) is 3.91. The molecule has 1 saturated heterocycles. The third kappa shape index (κ3) is 2.78. The topological polar surface area (TPSA) is 44.5 Å². The van der Waals surface area contributed by atoms with Gasteiger partial charge in [0.1, 0.15) is 5.82 Å². The first-order chi connectivity index (χ1) is 7.79. The zero-order valence-corrected chi connectivity index (χ0v) is 9.12. The lowest BCUT2D eigenvalue weighted by atomic mass is 10.1. The normalized spacial score (nSPS) is 20.2. The Kier molecular flexibility index (Phi) is 3.88. The van der Waals surface area contributed by atoms with E-state index in [1.54, 1.807) is 6.07 Å². The van der Waals surface area contributed by atoms with Crippen LogP contribution in [0.2, 0.25) is 0 Å². The lowest BCUT2D eigenvalue weighted by molar-refractivity contribution is 0.0314. The quantitative estimate of drug-likeness (QED) is 0.846. The van der Waals surface area contributed by atoms with Gasteiger partial charge >= 0.3 is 0 Å². The van der Waals surface area contributed by atoms with Gasteiger partial charge in [-0.25, -0.2) is 4.39 Å². The molecule has 1 aliphatic heterocycles. The van der Waals surface area contributed by atoms with Crippen molar-refractivity contribution in [2.24, 2.45) is 5.73 Å².